The van der Waals surface area contributed by atoms with Gasteiger partial charge in [-0.1, -0.05) is 66.2 Å². The Balaban J connectivity index is 1.95. The van der Waals surface area contributed by atoms with Crippen molar-refractivity contribution in [2.75, 3.05) is 5.32 Å². The van der Waals surface area contributed by atoms with Gasteiger partial charge < -0.3 is 5.32 Å². The van der Waals surface area contributed by atoms with Crippen molar-refractivity contribution in [3.8, 4) is 11.8 Å². The summed E-state index contributed by atoms with van der Waals surface area (Å²) >= 11 is 7.09. The van der Waals surface area contributed by atoms with Crippen molar-refractivity contribution in [2.45, 2.75) is 0 Å². The Hall–Kier alpha value is -3.92. The van der Waals surface area contributed by atoms with E-state index in [1.54, 1.807) is 54.6 Å². The summed E-state index contributed by atoms with van der Waals surface area (Å²) in [5.74, 6) is -0.619. The standard InChI is InChI=1S/C25H16ClN3O2S/c26-18-10-7-11-19(15-18)28-23(30)21(16-27)25-29(20-12-5-2-6-13-20)24(31)22(32-25)14-17-8-3-1-4-9-17/h1-15H,(H,28,30)/b22-14+,25-21+. The number of benzene rings is 3. The summed E-state index contributed by atoms with van der Waals surface area (Å²) in [5, 5.41) is 13.0. The van der Waals surface area contributed by atoms with Gasteiger partial charge in [-0.2, -0.15) is 5.26 Å². The van der Waals surface area contributed by atoms with E-state index in [9.17, 15) is 14.9 Å². The van der Waals surface area contributed by atoms with E-state index in [1.807, 2.05) is 42.5 Å². The van der Waals surface area contributed by atoms with E-state index >= 15 is 0 Å². The second-order valence-corrected chi connectivity index (χ2v) is 8.22. The molecule has 0 unspecified atom stereocenters. The quantitative estimate of drug-likeness (QED) is 0.507. The lowest BCUT2D eigenvalue weighted by Crippen LogP contribution is -2.32. The Morgan fingerprint density at radius 1 is 1.00 bits per heavy atom. The third-order valence-electron chi connectivity index (χ3n) is 4.57. The minimum absolute atomic E-state index is 0.163. The number of nitrogens with one attached hydrogen (secondary N) is 1. The van der Waals surface area contributed by atoms with Crippen molar-refractivity contribution in [3.63, 3.8) is 0 Å². The molecule has 32 heavy (non-hydrogen) atoms. The minimum Gasteiger partial charge on any atom is -0.321 e. The topological polar surface area (TPSA) is 74.9 Å². The van der Waals surface area contributed by atoms with E-state index in [0.29, 0.717) is 20.9 Å². The zero-order valence-corrected chi connectivity index (χ0v) is 18.2. The third kappa shape index (κ3) is 4.54. The molecule has 0 spiro atoms. The van der Waals surface area contributed by atoms with Gasteiger partial charge in [0, 0.05) is 10.7 Å². The number of hydrogen-bond donors (Lipinski definition) is 1. The predicted molar refractivity (Wildman–Crippen MR) is 128 cm³/mol. The Morgan fingerprint density at radius 2 is 1.69 bits per heavy atom. The molecule has 156 valence electrons. The molecule has 0 aliphatic heterocycles. The predicted octanol–water partition coefficient (Wildman–Crippen LogP) is 3.69. The van der Waals surface area contributed by atoms with Crippen LogP contribution in [0.5, 0.6) is 0 Å². The highest BCUT2D eigenvalue weighted by Crippen LogP contribution is 2.15. The highest BCUT2D eigenvalue weighted by molar-refractivity contribution is 7.07. The first kappa shape index (κ1) is 21.3. The fourth-order valence-electron chi connectivity index (χ4n) is 3.12. The smallest absolute Gasteiger partial charge is 0.273 e. The normalized spacial score (nSPS) is 12.2. The van der Waals surface area contributed by atoms with E-state index in [1.165, 1.54) is 4.57 Å². The molecule has 5 nitrogen and oxygen atoms in total. The van der Waals surface area contributed by atoms with Crippen molar-refractivity contribution in [2.24, 2.45) is 0 Å². The second-order valence-electron chi connectivity index (χ2n) is 6.75. The first-order chi connectivity index (χ1) is 15.6. The molecule has 1 heterocycles. The highest BCUT2D eigenvalue weighted by Gasteiger charge is 2.17. The Bertz CT molecular complexity index is 1500. The number of para-hydroxylation sites is 1. The van der Waals surface area contributed by atoms with Gasteiger partial charge in [0.25, 0.3) is 11.5 Å². The molecule has 0 aliphatic rings. The third-order valence-corrected chi connectivity index (χ3v) is 5.90. The average Bonchev–Trinajstić information content (AvgIpc) is 3.11. The number of aromatic nitrogens is 1. The number of carbonyl (C=O) groups excluding carboxylic acids is 1. The first-order valence-electron chi connectivity index (χ1n) is 9.62. The van der Waals surface area contributed by atoms with Gasteiger partial charge in [-0.15, -0.1) is 11.3 Å². The van der Waals surface area contributed by atoms with Crippen LogP contribution in [-0.4, -0.2) is 10.5 Å². The zero-order valence-electron chi connectivity index (χ0n) is 16.7. The lowest BCUT2D eigenvalue weighted by Gasteiger charge is -2.06. The van der Waals surface area contributed by atoms with Crippen molar-refractivity contribution >= 4 is 46.2 Å². The van der Waals surface area contributed by atoms with E-state index in [-0.39, 0.29) is 15.8 Å². The number of nitrogens with zero attached hydrogens (tertiary/aromatic N) is 2. The minimum atomic E-state index is -0.619. The maximum Gasteiger partial charge on any atom is 0.273 e. The Kier molecular flexibility index (Phi) is 6.31. The molecular weight excluding hydrogens is 442 g/mol. The van der Waals surface area contributed by atoms with Crippen LogP contribution >= 0.6 is 22.9 Å². The van der Waals surface area contributed by atoms with Crippen LogP contribution in [0.15, 0.2) is 89.7 Å². The van der Waals surface area contributed by atoms with Gasteiger partial charge in [-0.3, -0.25) is 14.2 Å². The van der Waals surface area contributed by atoms with E-state index in [0.717, 1.165) is 16.9 Å². The zero-order chi connectivity index (χ0) is 22.5. The molecule has 7 heteroatoms. The number of halogens is 1. The number of nitriles is 1. The van der Waals surface area contributed by atoms with E-state index < -0.39 is 5.91 Å². The molecule has 1 amide bonds. The van der Waals surface area contributed by atoms with Gasteiger partial charge >= 0.3 is 0 Å². The molecule has 1 aromatic heterocycles. The Morgan fingerprint density at radius 3 is 2.34 bits per heavy atom. The molecule has 4 aromatic rings. The van der Waals surface area contributed by atoms with Crippen LogP contribution in [-0.2, 0) is 4.79 Å². The SMILES string of the molecule is N#C/C(C(=O)Nc1cccc(Cl)c1)=c1\s/c(=C/c2ccccc2)c(=O)n1-c1ccccc1. The molecule has 0 bridgehead atoms. The van der Waals surface area contributed by atoms with Crippen molar-refractivity contribution in [3.05, 3.63) is 115 Å². The molecule has 0 saturated carbocycles. The van der Waals surface area contributed by atoms with Crippen LogP contribution in [0.2, 0.25) is 5.02 Å². The van der Waals surface area contributed by atoms with Crippen LogP contribution in [0.3, 0.4) is 0 Å². The number of hydrogen-bond acceptors (Lipinski definition) is 4. The number of amides is 1. The van der Waals surface area contributed by atoms with E-state index in [2.05, 4.69) is 5.32 Å². The largest absolute Gasteiger partial charge is 0.321 e. The van der Waals surface area contributed by atoms with Crippen LogP contribution in [0, 0.1) is 11.3 Å². The van der Waals surface area contributed by atoms with Gasteiger partial charge in [0.05, 0.1) is 10.2 Å². The monoisotopic (exact) mass is 457 g/mol. The lowest BCUT2D eigenvalue weighted by atomic mass is 10.2. The van der Waals surface area contributed by atoms with Gasteiger partial charge in [0.2, 0.25) is 0 Å². The molecule has 4 rings (SSSR count). The summed E-state index contributed by atoms with van der Waals surface area (Å²) in [7, 11) is 0. The summed E-state index contributed by atoms with van der Waals surface area (Å²) < 4.78 is 2.07. The summed E-state index contributed by atoms with van der Waals surface area (Å²) in [6.07, 6.45) is 1.75. The number of anilines is 1. The molecule has 0 aliphatic carbocycles. The van der Waals surface area contributed by atoms with Gasteiger partial charge in [0.1, 0.15) is 10.7 Å². The fourth-order valence-corrected chi connectivity index (χ4v) is 4.41. The molecule has 0 fully saturated rings. The summed E-state index contributed by atoms with van der Waals surface area (Å²) in [6.45, 7) is 0. The van der Waals surface area contributed by atoms with E-state index in [4.69, 9.17) is 11.6 Å². The number of rotatable bonds is 4. The average molecular weight is 458 g/mol. The van der Waals surface area contributed by atoms with Crippen LogP contribution < -0.4 is 20.1 Å². The maximum atomic E-state index is 13.3. The second kappa shape index (κ2) is 9.48. The van der Waals surface area contributed by atoms with Crippen LogP contribution in [0.1, 0.15) is 5.56 Å². The number of carbonyl (C=O) groups is 1. The molecule has 1 N–H and O–H groups in total. The first-order valence-corrected chi connectivity index (χ1v) is 10.8. The highest BCUT2D eigenvalue weighted by atomic mass is 35.5. The van der Waals surface area contributed by atoms with Crippen molar-refractivity contribution in [1.82, 2.24) is 4.57 Å². The lowest BCUT2D eigenvalue weighted by molar-refractivity contribution is -0.111. The molecule has 3 aromatic carbocycles. The maximum absolute atomic E-state index is 13.3. The van der Waals surface area contributed by atoms with Crippen LogP contribution in [0.25, 0.3) is 17.3 Å². The summed E-state index contributed by atoms with van der Waals surface area (Å²) in [6, 6.07) is 27.0. The molecule has 0 saturated heterocycles. The number of thiazole rings is 1. The van der Waals surface area contributed by atoms with Crippen molar-refractivity contribution < 1.29 is 4.79 Å². The Labute approximate surface area is 192 Å². The fraction of sp³-hybridized carbons (Fsp3) is 0. The van der Waals surface area contributed by atoms with Crippen molar-refractivity contribution in [1.29, 1.82) is 5.26 Å². The van der Waals surface area contributed by atoms with Gasteiger partial charge in [-0.25, -0.2) is 0 Å². The summed E-state index contributed by atoms with van der Waals surface area (Å²) in [4.78, 5) is 26.3. The molecule has 0 atom stereocenters. The van der Waals surface area contributed by atoms with Gasteiger partial charge in [-0.05, 0) is 42.0 Å². The molecular formula is C25H16ClN3O2S. The van der Waals surface area contributed by atoms with Crippen LogP contribution in [0.4, 0.5) is 5.69 Å². The molecule has 0 radical (unpaired) electrons. The van der Waals surface area contributed by atoms with Gasteiger partial charge in [0.15, 0.2) is 5.57 Å². The summed E-state index contributed by atoms with van der Waals surface area (Å²) in [5.41, 5.74) is 1.41.